The van der Waals surface area contributed by atoms with Crippen LogP contribution in [-0.4, -0.2) is 51.4 Å². The van der Waals surface area contributed by atoms with Gasteiger partial charge in [0.1, 0.15) is 0 Å². The van der Waals surface area contributed by atoms with Crippen LogP contribution in [0.15, 0.2) is 57.7 Å². The number of non-ortho nitro benzene ring substituents is 1. The van der Waals surface area contributed by atoms with Gasteiger partial charge in [0.25, 0.3) is 5.69 Å². The van der Waals surface area contributed by atoms with E-state index in [2.05, 4.69) is 17.0 Å². The highest BCUT2D eigenvalue weighted by molar-refractivity contribution is 5.77. The molecule has 0 N–H and O–H groups in total. The van der Waals surface area contributed by atoms with Crippen molar-refractivity contribution >= 4 is 22.7 Å². The maximum Gasteiger partial charge on any atom is 0.419 e. The van der Waals surface area contributed by atoms with Gasteiger partial charge < -0.3 is 9.32 Å². The first-order valence-corrected chi connectivity index (χ1v) is 10.3. The molecule has 31 heavy (non-hydrogen) atoms. The number of aromatic nitrogens is 1. The molecule has 1 fully saturated rings. The first-order valence-electron chi connectivity index (χ1n) is 10.3. The molecule has 3 aromatic rings. The molecule has 1 aliphatic heterocycles. The summed E-state index contributed by atoms with van der Waals surface area (Å²) < 4.78 is 6.55. The number of nitrogens with zero attached hydrogens (tertiary/aromatic N) is 4. The zero-order valence-electron chi connectivity index (χ0n) is 17.1. The van der Waals surface area contributed by atoms with E-state index in [1.807, 2.05) is 23.1 Å². The number of carbonyl (C=O) groups is 1. The SMILES string of the molecule is O=C(CCCn1c(=O)oc2cc([N+](=O)[O-])ccc21)N1CCN(Cc2ccccc2)CC1. The Kier molecular flexibility index (Phi) is 6.13. The highest BCUT2D eigenvalue weighted by Crippen LogP contribution is 2.20. The summed E-state index contributed by atoms with van der Waals surface area (Å²) in [5.74, 6) is -0.492. The second-order valence-corrected chi connectivity index (χ2v) is 7.67. The standard InChI is InChI=1S/C22H24N4O5/c27-21(24-13-11-23(12-14-24)16-17-5-2-1-3-6-17)7-4-10-25-19-9-8-18(26(29)30)15-20(19)31-22(25)28/h1-3,5-6,8-9,15H,4,7,10-14,16H2. The number of amides is 1. The second-order valence-electron chi connectivity index (χ2n) is 7.67. The van der Waals surface area contributed by atoms with Crippen LogP contribution in [0.1, 0.15) is 18.4 Å². The molecule has 4 rings (SSSR count). The zero-order valence-corrected chi connectivity index (χ0v) is 17.1. The van der Waals surface area contributed by atoms with Gasteiger partial charge in [0, 0.05) is 51.8 Å². The molecule has 1 amide bonds. The van der Waals surface area contributed by atoms with Crippen molar-refractivity contribution in [3.63, 3.8) is 0 Å². The van der Waals surface area contributed by atoms with Crippen molar-refractivity contribution in [3.05, 3.63) is 74.8 Å². The minimum atomic E-state index is -0.572. The van der Waals surface area contributed by atoms with Gasteiger partial charge in [-0.25, -0.2) is 4.79 Å². The fourth-order valence-electron chi connectivity index (χ4n) is 3.92. The summed E-state index contributed by atoms with van der Waals surface area (Å²) in [5.41, 5.74) is 1.82. The summed E-state index contributed by atoms with van der Waals surface area (Å²) in [6.45, 7) is 4.28. The second kappa shape index (κ2) is 9.13. The molecular weight excluding hydrogens is 400 g/mol. The number of hydrogen-bond acceptors (Lipinski definition) is 6. The number of carbonyl (C=O) groups excluding carboxylic acids is 1. The van der Waals surface area contributed by atoms with E-state index in [4.69, 9.17) is 4.42 Å². The Hall–Kier alpha value is -3.46. The molecule has 1 aliphatic rings. The van der Waals surface area contributed by atoms with E-state index in [1.54, 1.807) is 0 Å². The summed E-state index contributed by atoms with van der Waals surface area (Å²) in [6.07, 6.45) is 0.833. The van der Waals surface area contributed by atoms with Gasteiger partial charge in [0.2, 0.25) is 5.91 Å². The molecule has 0 unspecified atom stereocenters. The van der Waals surface area contributed by atoms with Gasteiger partial charge in [-0.3, -0.25) is 24.4 Å². The number of aryl methyl sites for hydroxylation is 1. The summed E-state index contributed by atoms with van der Waals surface area (Å²) in [4.78, 5) is 39.3. The van der Waals surface area contributed by atoms with Crippen LogP contribution in [-0.2, 0) is 17.9 Å². The lowest BCUT2D eigenvalue weighted by Crippen LogP contribution is -2.48. The minimum absolute atomic E-state index is 0.0795. The molecule has 9 heteroatoms. The fourth-order valence-corrected chi connectivity index (χ4v) is 3.92. The summed E-state index contributed by atoms with van der Waals surface area (Å²) in [7, 11) is 0. The number of oxazole rings is 1. The summed E-state index contributed by atoms with van der Waals surface area (Å²) >= 11 is 0. The molecule has 0 atom stereocenters. The molecule has 2 aromatic carbocycles. The lowest BCUT2D eigenvalue weighted by molar-refractivity contribution is -0.384. The average Bonchev–Trinajstić information content (AvgIpc) is 3.09. The van der Waals surface area contributed by atoms with Gasteiger partial charge in [-0.2, -0.15) is 0 Å². The maximum atomic E-state index is 12.6. The maximum absolute atomic E-state index is 12.6. The summed E-state index contributed by atoms with van der Waals surface area (Å²) in [5, 5.41) is 10.9. The number of nitro groups is 1. The Morgan fingerprint density at radius 2 is 1.81 bits per heavy atom. The Morgan fingerprint density at radius 1 is 1.06 bits per heavy atom. The van der Waals surface area contributed by atoms with E-state index >= 15 is 0 Å². The third-order valence-corrected chi connectivity index (χ3v) is 5.61. The number of nitro benzene ring substituents is 1. The molecule has 9 nitrogen and oxygen atoms in total. The quantitative estimate of drug-likeness (QED) is 0.427. The average molecular weight is 424 g/mol. The molecule has 162 valence electrons. The van der Waals surface area contributed by atoms with E-state index < -0.39 is 10.7 Å². The topological polar surface area (TPSA) is 102 Å². The molecule has 0 spiro atoms. The molecule has 0 bridgehead atoms. The number of rotatable bonds is 7. The van der Waals surface area contributed by atoms with E-state index in [-0.39, 0.29) is 17.2 Å². The third-order valence-electron chi connectivity index (χ3n) is 5.61. The highest BCUT2D eigenvalue weighted by Gasteiger charge is 2.21. The molecule has 1 saturated heterocycles. The van der Waals surface area contributed by atoms with Crippen molar-refractivity contribution in [3.8, 4) is 0 Å². The Labute approximate surface area is 178 Å². The molecule has 0 saturated carbocycles. The Balaban J connectivity index is 1.27. The van der Waals surface area contributed by atoms with Gasteiger partial charge in [0.15, 0.2) is 5.58 Å². The van der Waals surface area contributed by atoms with Crippen molar-refractivity contribution in [2.45, 2.75) is 25.9 Å². The smallest absolute Gasteiger partial charge is 0.407 e. The van der Waals surface area contributed by atoms with Crippen molar-refractivity contribution < 1.29 is 14.1 Å². The van der Waals surface area contributed by atoms with E-state index in [0.29, 0.717) is 38.0 Å². The predicted octanol–water partition coefficient (Wildman–Crippen LogP) is 2.63. The van der Waals surface area contributed by atoms with Crippen LogP contribution in [0, 0.1) is 10.1 Å². The third kappa shape index (κ3) is 4.83. The minimum Gasteiger partial charge on any atom is -0.407 e. The Bertz CT molecular complexity index is 1130. The number of benzene rings is 2. The lowest BCUT2D eigenvalue weighted by atomic mass is 10.2. The van der Waals surface area contributed by atoms with Gasteiger partial charge in [0.05, 0.1) is 16.5 Å². The van der Waals surface area contributed by atoms with E-state index in [1.165, 1.54) is 28.3 Å². The van der Waals surface area contributed by atoms with Crippen LogP contribution >= 0.6 is 0 Å². The van der Waals surface area contributed by atoms with Crippen LogP contribution in [0.2, 0.25) is 0 Å². The molecule has 0 radical (unpaired) electrons. The first-order chi connectivity index (χ1) is 15.0. The predicted molar refractivity (Wildman–Crippen MR) is 115 cm³/mol. The number of piperazine rings is 1. The summed E-state index contributed by atoms with van der Waals surface area (Å²) in [6, 6.07) is 14.4. The van der Waals surface area contributed by atoms with Crippen molar-refractivity contribution in [1.29, 1.82) is 0 Å². The van der Waals surface area contributed by atoms with Crippen LogP contribution in [0.3, 0.4) is 0 Å². The van der Waals surface area contributed by atoms with Crippen LogP contribution in [0.4, 0.5) is 5.69 Å². The Morgan fingerprint density at radius 3 is 2.52 bits per heavy atom. The van der Waals surface area contributed by atoms with Crippen LogP contribution < -0.4 is 5.76 Å². The molecule has 1 aromatic heterocycles. The van der Waals surface area contributed by atoms with Crippen molar-refractivity contribution in [1.82, 2.24) is 14.4 Å². The van der Waals surface area contributed by atoms with Gasteiger partial charge in [-0.05, 0) is 18.1 Å². The highest BCUT2D eigenvalue weighted by atomic mass is 16.6. The lowest BCUT2D eigenvalue weighted by Gasteiger charge is -2.34. The van der Waals surface area contributed by atoms with Crippen LogP contribution in [0.5, 0.6) is 0 Å². The normalized spacial score (nSPS) is 14.8. The molecule has 0 aliphatic carbocycles. The van der Waals surface area contributed by atoms with Gasteiger partial charge >= 0.3 is 5.76 Å². The monoisotopic (exact) mass is 424 g/mol. The van der Waals surface area contributed by atoms with E-state index in [9.17, 15) is 19.7 Å². The zero-order chi connectivity index (χ0) is 21.8. The number of fused-ring (bicyclic) bond motifs is 1. The number of hydrogen-bond donors (Lipinski definition) is 0. The van der Waals surface area contributed by atoms with Crippen molar-refractivity contribution in [2.24, 2.45) is 0 Å². The largest absolute Gasteiger partial charge is 0.419 e. The first kappa shape index (κ1) is 20.8. The molecule has 2 heterocycles. The van der Waals surface area contributed by atoms with Crippen LogP contribution in [0.25, 0.3) is 11.1 Å². The molecular formula is C22H24N4O5. The fraction of sp³-hybridized carbons (Fsp3) is 0.364. The van der Waals surface area contributed by atoms with Crippen molar-refractivity contribution in [2.75, 3.05) is 26.2 Å². The van der Waals surface area contributed by atoms with Gasteiger partial charge in [-0.15, -0.1) is 0 Å². The van der Waals surface area contributed by atoms with E-state index in [0.717, 1.165) is 19.6 Å². The van der Waals surface area contributed by atoms with Gasteiger partial charge in [-0.1, -0.05) is 30.3 Å².